The Kier molecular flexibility index (Phi) is 9.23. The number of fused-ring (bicyclic) bond motifs is 1. The van der Waals surface area contributed by atoms with Gasteiger partial charge in [-0.2, -0.15) is 0 Å². The number of para-hydroxylation sites is 2. The molecule has 0 fully saturated rings. The molecule has 31 heavy (non-hydrogen) atoms. The number of hydrogen-bond acceptors (Lipinski definition) is 4. The molecule has 3 rings (SSSR count). The quantitative estimate of drug-likeness (QED) is 0.224. The van der Waals surface area contributed by atoms with Gasteiger partial charge in [-0.15, -0.1) is 24.0 Å². The molecule has 0 amide bonds. The molecule has 3 N–H and O–H groups in total. The molecule has 7 nitrogen and oxygen atoms in total. The van der Waals surface area contributed by atoms with E-state index in [-0.39, 0.29) is 36.3 Å². The molecule has 168 valence electrons. The first-order valence-corrected chi connectivity index (χ1v) is 11.8. The van der Waals surface area contributed by atoms with Crippen LogP contribution in [0.5, 0.6) is 0 Å². The Balaban J connectivity index is 0.00000341. The fourth-order valence-corrected chi connectivity index (χ4v) is 3.94. The van der Waals surface area contributed by atoms with E-state index in [1.165, 1.54) is 18.2 Å². The first-order valence-electron chi connectivity index (χ1n) is 9.75. The summed E-state index contributed by atoms with van der Waals surface area (Å²) in [6.45, 7) is 3.39. The van der Waals surface area contributed by atoms with Gasteiger partial charge >= 0.3 is 0 Å². The van der Waals surface area contributed by atoms with Crippen LogP contribution in [0.15, 0.2) is 47.5 Å². The number of guanidine groups is 1. The second-order valence-electron chi connectivity index (χ2n) is 7.06. The zero-order valence-electron chi connectivity index (χ0n) is 17.5. The number of aromatic amines is 1. The Morgan fingerprint density at radius 2 is 1.94 bits per heavy atom. The lowest BCUT2D eigenvalue weighted by Gasteiger charge is -2.12. The Morgan fingerprint density at radius 3 is 2.65 bits per heavy atom. The van der Waals surface area contributed by atoms with Gasteiger partial charge in [-0.1, -0.05) is 18.2 Å². The molecule has 0 aliphatic rings. The summed E-state index contributed by atoms with van der Waals surface area (Å²) >= 11 is 0. The SMILES string of the molecule is CCNC(=NCc1cc(F)ccc1CS(C)(=O)=O)NCCc1nc2ccccc2[nH]1.I. The Hall–Kier alpha value is -2.21. The van der Waals surface area contributed by atoms with Crippen LogP contribution in [0.1, 0.15) is 23.9 Å². The predicted octanol–water partition coefficient (Wildman–Crippen LogP) is 3.16. The van der Waals surface area contributed by atoms with E-state index in [2.05, 4.69) is 25.6 Å². The van der Waals surface area contributed by atoms with Gasteiger partial charge in [0.25, 0.3) is 0 Å². The number of nitrogens with one attached hydrogen (secondary N) is 3. The van der Waals surface area contributed by atoms with Crippen molar-refractivity contribution in [3.8, 4) is 0 Å². The molecule has 0 radical (unpaired) electrons. The average Bonchev–Trinajstić information content (AvgIpc) is 3.09. The van der Waals surface area contributed by atoms with Crippen molar-refractivity contribution in [2.45, 2.75) is 25.6 Å². The van der Waals surface area contributed by atoms with Crippen molar-refractivity contribution in [1.29, 1.82) is 0 Å². The average molecular weight is 559 g/mol. The van der Waals surface area contributed by atoms with Gasteiger partial charge in [0.1, 0.15) is 11.6 Å². The van der Waals surface area contributed by atoms with Gasteiger partial charge in [-0.3, -0.25) is 0 Å². The topological polar surface area (TPSA) is 99.2 Å². The number of aromatic nitrogens is 2. The Bertz CT molecular complexity index is 1110. The molecule has 0 aliphatic heterocycles. The molecule has 3 aromatic rings. The lowest BCUT2D eigenvalue weighted by molar-refractivity contribution is 0.600. The summed E-state index contributed by atoms with van der Waals surface area (Å²) in [5.41, 5.74) is 3.03. The highest BCUT2D eigenvalue weighted by molar-refractivity contribution is 14.0. The molecule has 0 bridgehead atoms. The maximum absolute atomic E-state index is 13.7. The monoisotopic (exact) mass is 559 g/mol. The summed E-state index contributed by atoms with van der Waals surface area (Å²) in [4.78, 5) is 12.3. The molecule has 0 spiro atoms. The lowest BCUT2D eigenvalue weighted by atomic mass is 10.1. The minimum atomic E-state index is -3.23. The maximum Gasteiger partial charge on any atom is 0.191 e. The van der Waals surface area contributed by atoms with Gasteiger partial charge in [0.05, 0.1) is 23.3 Å². The molecule has 0 aliphatic carbocycles. The highest BCUT2D eigenvalue weighted by Gasteiger charge is 2.11. The third-order valence-corrected chi connectivity index (χ3v) is 5.27. The van der Waals surface area contributed by atoms with E-state index in [0.29, 0.717) is 36.6 Å². The van der Waals surface area contributed by atoms with Gasteiger partial charge in [0.15, 0.2) is 15.8 Å². The van der Waals surface area contributed by atoms with E-state index in [1.54, 1.807) is 0 Å². The summed E-state index contributed by atoms with van der Waals surface area (Å²) in [6.07, 6.45) is 1.84. The number of benzene rings is 2. The van der Waals surface area contributed by atoms with E-state index in [1.807, 2.05) is 31.2 Å². The fourth-order valence-electron chi connectivity index (χ4n) is 3.09. The van der Waals surface area contributed by atoms with Crippen LogP contribution in [-0.2, 0) is 28.6 Å². The van der Waals surface area contributed by atoms with Crippen LogP contribution in [-0.4, -0.2) is 43.7 Å². The molecular weight excluding hydrogens is 532 g/mol. The van der Waals surface area contributed by atoms with E-state index >= 15 is 0 Å². The first-order chi connectivity index (χ1) is 14.3. The number of rotatable bonds is 8. The van der Waals surface area contributed by atoms with Crippen molar-refractivity contribution in [3.05, 3.63) is 65.2 Å². The van der Waals surface area contributed by atoms with Gasteiger partial charge in [-0.25, -0.2) is 22.8 Å². The Morgan fingerprint density at radius 1 is 1.16 bits per heavy atom. The first kappa shape index (κ1) is 25.1. The standard InChI is InChI=1S/C21H26FN5O2S.HI/c1-3-23-21(24-11-10-20-26-18-6-4-5-7-19(18)27-20)25-13-16-12-17(22)9-8-15(16)14-30(2,28)29;/h4-9,12H,3,10-11,13-14H2,1-2H3,(H,26,27)(H2,23,24,25);1H. The molecule has 0 saturated heterocycles. The number of aliphatic imine (C=N–C) groups is 1. The highest BCUT2D eigenvalue weighted by Crippen LogP contribution is 2.15. The van der Waals surface area contributed by atoms with Crippen molar-refractivity contribution >= 4 is 50.8 Å². The van der Waals surface area contributed by atoms with Crippen LogP contribution >= 0.6 is 24.0 Å². The van der Waals surface area contributed by atoms with Crippen LogP contribution < -0.4 is 10.6 Å². The van der Waals surface area contributed by atoms with E-state index in [4.69, 9.17) is 0 Å². The highest BCUT2D eigenvalue weighted by atomic mass is 127. The molecule has 0 unspecified atom stereocenters. The normalized spacial score (nSPS) is 11.9. The van der Waals surface area contributed by atoms with Crippen LogP contribution in [0, 0.1) is 5.82 Å². The summed E-state index contributed by atoms with van der Waals surface area (Å²) in [6, 6.07) is 12.0. The third kappa shape index (κ3) is 7.76. The van der Waals surface area contributed by atoms with Gasteiger partial charge in [-0.05, 0) is 42.3 Å². The van der Waals surface area contributed by atoms with E-state index in [0.717, 1.165) is 23.1 Å². The number of imidazole rings is 1. The molecular formula is C21H27FIN5O2S. The van der Waals surface area contributed by atoms with Crippen molar-refractivity contribution in [1.82, 2.24) is 20.6 Å². The minimum absolute atomic E-state index is 0. The minimum Gasteiger partial charge on any atom is -0.357 e. The number of hydrogen-bond donors (Lipinski definition) is 3. The number of halogens is 2. The fraction of sp³-hybridized carbons (Fsp3) is 0.333. The number of sulfone groups is 1. The zero-order chi connectivity index (χ0) is 21.6. The van der Waals surface area contributed by atoms with Crippen molar-refractivity contribution in [3.63, 3.8) is 0 Å². The van der Waals surface area contributed by atoms with Crippen molar-refractivity contribution in [2.24, 2.45) is 4.99 Å². The smallest absolute Gasteiger partial charge is 0.191 e. The maximum atomic E-state index is 13.7. The lowest BCUT2D eigenvalue weighted by Crippen LogP contribution is -2.38. The largest absolute Gasteiger partial charge is 0.357 e. The summed E-state index contributed by atoms with van der Waals surface area (Å²) < 4.78 is 37.0. The van der Waals surface area contributed by atoms with Gasteiger partial charge in [0.2, 0.25) is 0 Å². The van der Waals surface area contributed by atoms with E-state index < -0.39 is 15.7 Å². The van der Waals surface area contributed by atoms with Gasteiger partial charge in [0, 0.05) is 25.8 Å². The van der Waals surface area contributed by atoms with Crippen molar-refractivity contribution in [2.75, 3.05) is 19.3 Å². The number of nitrogens with zero attached hydrogens (tertiary/aromatic N) is 2. The third-order valence-electron chi connectivity index (χ3n) is 4.43. The molecule has 1 heterocycles. The molecule has 2 aromatic carbocycles. The predicted molar refractivity (Wildman–Crippen MR) is 133 cm³/mol. The van der Waals surface area contributed by atoms with Crippen LogP contribution in [0.3, 0.4) is 0 Å². The summed E-state index contributed by atoms with van der Waals surface area (Å²) in [7, 11) is -3.23. The molecule has 10 heteroatoms. The van der Waals surface area contributed by atoms with Crippen LogP contribution in [0.25, 0.3) is 11.0 Å². The zero-order valence-corrected chi connectivity index (χ0v) is 20.6. The second kappa shape index (κ2) is 11.4. The number of H-pyrrole nitrogens is 1. The summed E-state index contributed by atoms with van der Waals surface area (Å²) in [5.74, 6) is 0.886. The molecule has 0 atom stereocenters. The van der Waals surface area contributed by atoms with E-state index in [9.17, 15) is 12.8 Å². The van der Waals surface area contributed by atoms with Crippen LogP contribution in [0.2, 0.25) is 0 Å². The van der Waals surface area contributed by atoms with Crippen molar-refractivity contribution < 1.29 is 12.8 Å². The Labute approximate surface area is 198 Å². The molecule has 1 aromatic heterocycles. The van der Waals surface area contributed by atoms with Crippen LogP contribution in [0.4, 0.5) is 4.39 Å². The second-order valence-corrected chi connectivity index (χ2v) is 9.20. The van der Waals surface area contributed by atoms with Gasteiger partial charge < -0.3 is 15.6 Å². The molecule has 0 saturated carbocycles. The summed E-state index contributed by atoms with van der Waals surface area (Å²) in [5, 5.41) is 6.38.